The Hall–Kier alpha value is -2.26. The van der Waals surface area contributed by atoms with Crippen LogP contribution in [0.25, 0.3) is 0 Å². The number of nitrogens with one attached hydrogen (secondary N) is 2. The van der Waals surface area contributed by atoms with E-state index in [0.29, 0.717) is 29.9 Å². The maximum atomic E-state index is 14.6. The van der Waals surface area contributed by atoms with E-state index in [4.69, 9.17) is 0 Å². The lowest BCUT2D eigenvalue weighted by molar-refractivity contribution is -0.148. The fraction of sp³-hybridized carbons (Fsp3) is 0.611. The molecule has 2 aromatic heterocycles. The highest BCUT2D eigenvalue weighted by Gasteiger charge is 2.55. The maximum Gasteiger partial charge on any atom is 0.227 e. The Morgan fingerprint density at radius 1 is 1.26 bits per heavy atom. The lowest BCUT2D eigenvalue weighted by atomic mass is 9.68. The Labute approximate surface area is 156 Å². The van der Waals surface area contributed by atoms with Crippen LogP contribution in [0.3, 0.4) is 0 Å². The van der Waals surface area contributed by atoms with E-state index in [0.717, 1.165) is 24.6 Å². The predicted octanol–water partition coefficient (Wildman–Crippen LogP) is 1.70. The number of rotatable bonds is 5. The van der Waals surface area contributed by atoms with Gasteiger partial charge in [-0.1, -0.05) is 0 Å². The van der Waals surface area contributed by atoms with E-state index in [1.807, 2.05) is 18.9 Å². The molecule has 0 saturated carbocycles. The van der Waals surface area contributed by atoms with Crippen LogP contribution in [0.5, 0.6) is 0 Å². The number of nitrogens with zero attached hydrogens (tertiary/aromatic N) is 5. The molecule has 0 spiro atoms. The lowest BCUT2D eigenvalue weighted by Gasteiger charge is -2.66. The molecule has 0 amide bonds. The third-order valence-corrected chi connectivity index (χ3v) is 6.31. The van der Waals surface area contributed by atoms with Crippen LogP contribution in [0.1, 0.15) is 37.1 Å². The molecule has 3 aliphatic heterocycles. The van der Waals surface area contributed by atoms with Gasteiger partial charge in [0.25, 0.3) is 0 Å². The molecule has 0 aliphatic carbocycles. The van der Waals surface area contributed by atoms with Crippen LogP contribution in [-0.2, 0) is 6.61 Å². The molecule has 2 unspecified atom stereocenters. The Bertz CT molecular complexity index is 855. The Kier molecular flexibility index (Phi) is 3.83. The molecule has 27 heavy (non-hydrogen) atoms. The minimum atomic E-state index is -0.647. The number of aromatic nitrogens is 4. The van der Waals surface area contributed by atoms with Gasteiger partial charge in [-0.3, -0.25) is 10.00 Å². The fourth-order valence-corrected chi connectivity index (χ4v) is 4.90. The van der Waals surface area contributed by atoms with Crippen LogP contribution in [0.4, 0.5) is 22.0 Å². The van der Waals surface area contributed by atoms with Crippen molar-refractivity contribution in [3.8, 4) is 0 Å². The predicted molar refractivity (Wildman–Crippen MR) is 98.4 cm³/mol. The smallest absolute Gasteiger partial charge is 0.227 e. The zero-order valence-electron chi connectivity index (χ0n) is 15.5. The highest BCUT2D eigenvalue weighted by atomic mass is 19.1. The standard InChI is InChI=1S/C18H24FN7O/c1-9-3-15(24-23-9)21-17-16(19)14(8-27)20-18(22-17)25(2)10-4-11-6-13-7-12(5-10)26(11)13/h3,10-13,27H,4-8H2,1-2H3,(H2,20,21,22,23,24)/t10?,11-,12+,13?. The molecule has 0 radical (unpaired) electrons. The van der Waals surface area contributed by atoms with Gasteiger partial charge in [-0.05, 0) is 32.6 Å². The van der Waals surface area contributed by atoms with E-state index in [-0.39, 0.29) is 11.5 Å². The number of anilines is 3. The summed E-state index contributed by atoms with van der Waals surface area (Å²) >= 11 is 0. The largest absolute Gasteiger partial charge is 0.390 e. The molecule has 3 aliphatic rings. The van der Waals surface area contributed by atoms with E-state index in [2.05, 4.69) is 30.4 Å². The first kappa shape index (κ1) is 16.9. The van der Waals surface area contributed by atoms with Crippen molar-refractivity contribution >= 4 is 17.6 Å². The molecule has 144 valence electrons. The minimum absolute atomic E-state index is 0.00797. The molecule has 3 N–H and O–H groups in total. The summed E-state index contributed by atoms with van der Waals surface area (Å²) in [5, 5.41) is 19.3. The van der Waals surface area contributed by atoms with Gasteiger partial charge in [0, 0.05) is 43.0 Å². The number of aliphatic hydroxyl groups is 1. The molecule has 5 heterocycles. The summed E-state index contributed by atoms with van der Waals surface area (Å²) in [5.41, 5.74) is 0.851. The molecule has 3 saturated heterocycles. The Balaban J connectivity index is 1.41. The summed E-state index contributed by atoms with van der Waals surface area (Å²) in [6.07, 6.45) is 4.75. The van der Waals surface area contributed by atoms with Crippen molar-refractivity contribution in [2.24, 2.45) is 0 Å². The molecule has 5 rings (SSSR count). The van der Waals surface area contributed by atoms with E-state index < -0.39 is 12.4 Å². The van der Waals surface area contributed by atoms with E-state index in [9.17, 15) is 9.50 Å². The van der Waals surface area contributed by atoms with Crippen molar-refractivity contribution in [2.45, 2.75) is 63.4 Å². The number of aryl methyl sites for hydroxylation is 1. The zero-order chi connectivity index (χ0) is 18.7. The molecule has 0 aromatic carbocycles. The van der Waals surface area contributed by atoms with Crippen LogP contribution < -0.4 is 10.2 Å². The van der Waals surface area contributed by atoms with Gasteiger partial charge in [-0.15, -0.1) is 0 Å². The number of hydrogen-bond donors (Lipinski definition) is 3. The zero-order valence-corrected chi connectivity index (χ0v) is 15.5. The van der Waals surface area contributed by atoms with Gasteiger partial charge in [0.15, 0.2) is 17.5 Å². The van der Waals surface area contributed by atoms with Crippen molar-refractivity contribution in [1.29, 1.82) is 0 Å². The molecule has 3 fully saturated rings. The molecule has 9 heteroatoms. The van der Waals surface area contributed by atoms with Gasteiger partial charge in [-0.2, -0.15) is 10.1 Å². The topological polar surface area (TPSA) is 93.2 Å². The average Bonchev–Trinajstić information content (AvgIpc) is 3.02. The molecule has 8 nitrogen and oxygen atoms in total. The second-order valence-corrected chi connectivity index (χ2v) is 7.97. The summed E-state index contributed by atoms with van der Waals surface area (Å²) < 4.78 is 14.6. The van der Waals surface area contributed by atoms with Gasteiger partial charge in [0.2, 0.25) is 5.95 Å². The number of piperidine rings is 2. The molecule has 0 bridgehead atoms. The summed E-state index contributed by atoms with van der Waals surface area (Å²) in [5.74, 6) is 0.299. The molecular formula is C18H24FN7O. The third kappa shape index (κ3) is 2.68. The first-order valence-electron chi connectivity index (χ1n) is 9.50. The van der Waals surface area contributed by atoms with Gasteiger partial charge >= 0.3 is 0 Å². The summed E-state index contributed by atoms with van der Waals surface area (Å²) in [6, 6.07) is 4.25. The average molecular weight is 373 g/mol. The van der Waals surface area contributed by atoms with Gasteiger partial charge < -0.3 is 15.3 Å². The van der Waals surface area contributed by atoms with Crippen molar-refractivity contribution in [3.63, 3.8) is 0 Å². The minimum Gasteiger partial charge on any atom is -0.390 e. The number of aliphatic hydroxyl groups excluding tert-OH is 1. The monoisotopic (exact) mass is 373 g/mol. The number of halogens is 1. The van der Waals surface area contributed by atoms with E-state index >= 15 is 0 Å². The lowest BCUT2D eigenvalue weighted by Crippen LogP contribution is -2.74. The van der Waals surface area contributed by atoms with Crippen LogP contribution in [-0.4, -0.2) is 61.4 Å². The number of hydrogen-bond acceptors (Lipinski definition) is 7. The van der Waals surface area contributed by atoms with E-state index in [1.165, 1.54) is 12.8 Å². The number of H-pyrrole nitrogens is 1. The van der Waals surface area contributed by atoms with Crippen molar-refractivity contribution in [2.75, 3.05) is 17.3 Å². The maximum absolute atomic E-state index is 14.6. The molecular weight excluding hydrogens is 349 g/mol. The van der Waals surface area contributed by atoms with Gasteiger partial charge in [0.05, 0.1) is 6.61 Å². The third-order valence-electron chi connectivity index (χ3n) is 6.31. The highest BCUT2D eigenvalue weighted by Crippen LogP contribution is 2.49. The molecule has 2 aromatic rings. The normalized spacial score (nSPS) is 28.9. The SMILES string of the molecule is Cc1cc(Nc2nc(N(C)C3C[C@@H]4CC5C[C@H](C3)N54)nc(CO)c2F)n[nH]1. The van der Waals surface area contributed by atoms with Crippen LogP contribution >= 0.6 is 0 Å². The Morgan fingerprint density at radius 3 is 2.56 bits per heavy atom. The first-order chi connectivity index (χ1) is 13.0. The van der Waals surface area contributed by atoms with Crippen molar-refractivity contribution in [3.05, 3.63) is 23.3 Å². The quantitative estimate of drug-likeness (QED) is 0.734. The summed E-state index contributed by atoms with van der Waals surface area (Å²) in [7, 11) is 1.96. The summed E-state index contributed by atoms with van der Waals surface area (Å²) in [6.45, 7) is 1.39. The molecule has 4 atom stereocenters. The number of aromatic amines is 1. The second-order valence-electron chi connectivity index (χ2n) is 7.97. The van der Waals surface area contributed by atoms with Crippen LogP contribution in [0.2, 0.25) is 0 Å². The second kappa shape index (κ2) is 6.13. The summed E-state index contributed by atoms with van der Waals surface area (Å²) in [4.78, 5) is 13.4. The van der Waals surface area contributed by atoms with Crippen LogP contribution in [0, 0.1) is 12.7 Å². The van der Waals surface area contributed by atoms with Crippen molar-refractivity contribution in [1.82, 2.24) is 25.1 Å². The van der Waals surface area contributed by atoms with Crippen LogP contribution in [0.15, 0.2) is 6.07 Å². The van der Waals surface area contributed by atoms with Gasteiger partial charge in [-0.25, -0.2) is 9.37 Å². The highest BCUT2D eigenvalue weighted by molar-refractivity contribution is 5.55. The Morgan fingerprint density at radius 2 is 1.96 bits per heavy atom. The van der Waals surface area contributed by atoms with Crippen molar-refractivity contribution < 1.29 is 9.50 Å². The first-order valence-corrected chi connectivity index (χ1v) is 9.50. The van der Waals surface area contributed by atoms with E-state index in [1.54, 1.807) is 6.07 Å². The van der Waals surface area contributed by atoms with Gasteiger partial charge in [0.1, 0.15) is 5.69 Å². The fourth-order valence-electron chi connectivity index (χ4n) is 4.90.